The SMILES string of the molecule is CCCC(N)Cc1nc(N2CCCCC2)no1. The highest BCUT2D eigenvalue weighted by Gasteiger charge is 2.17. The number of nitrogens with zero attached hydrogens (tertiary/aromatic N) is 3. The topological polar surface area (TPSA) is 68.2 Å². The van der Waals surface area contributed by atoms with Crippen LogP contribution < -0.4 is 10.6 Å². The molecular weight excluding hydrogens is 216 g/mol. The van der Waals surface area contributed by atoms with Gasteiger partial charge in [0.2, 0.25) is 5.89 Å². The molecule has 0 aromatic carbocycles. The largest absolute Gasteiger partial charge is 0.338 e. The maximum Gasteiger partial charge on any atom is 0.266 e. The van der Waals surface area contributed by atoms with Crippen LogP contribution >= 0.6 is 0 Å². The third kappa shape index (κ3) is 3.43. The standard InChI is InChI=1S/C12H22N4O/c1-2-6-10(13)9-11-14-12(15-17-11)16-7-4-3-5-8-16/h10H,2-9,13H2,1H3. The summed E-state index contributed by atoms with van der Waals surface area (Å²) in [6.45, 7) is 4.22. The first-order valence-corrected chi connectivity index (χ1v) is 6.62. The van der Waals surface area contributed by atoms with Crippen molar-refractivity contribution >= 4 is 5.95 Å². The Morgan fingerprint density at radius 3 is 2.82 bits per heavy atom. The zero-order valence-electron chi connectivity index (χ0n) is 10.6. The van der Waals surface area contributed by atoms with Crippen molar-refractivity contribution in [1.82, 2.24) is 10.1 Å². The van der Waals surface area contributed by atoms with E-state index < -0.39 is 0 Å². The Kier molecular flexibility index (Phi) is 4.36. The maximum atomic E-state index is 5.96. The van der Waals surface area contributed by atoms with E-state index in [1.165, 1.54) is 19.3 Å². The number of nitrogens with two attached hydrogens (primary N) is 1. The molecule has 0 radical (unpaired) electrons. The van der Waals surface area contributed by atoms with E-state index in [-0.39, 0.29) is 6.04 Å². The molecule has 5 heteroatoms. The normalized spacial score (nSPS) is 18.4. The van der Waals surface area contributed by atoms with Crippen molar-refractivity contribution in [2.45, 2.75) is 51.5 Å². The third-order valence-corrected chi connectivity index (χ3v) is 3.19. The molecule has 0 saturated carbocycles. The summed E-state index contributed by atoms with van der Waals surface area (Å²) in [7, 11) is 0. The molecule has 0 bridgehead atoms. The molecule has 1 atom stereocenters. The van der Waals surface area contributed by atoms with Gasteiger partial charge in [-0.3, -0.25) is 0 Å². The predicted molar refractivity (Wildman–Crippen MR) is 66.9 cm³/mol. The average Bonchev–Trinajstić information content (AvgIpc) is 2.79. The Morgan fingerprint density at radius 1 is 1.35 bits per heavy atom. The molecule has 96 valence electrons. The van der Waals surface area contributed by atoms with Crippen LogP contribution in [-0.4, -0.2) is 29.3 Å². The number of anilines is 1. The zero-order valence-corrected chi connectivity index (χ0v) is 10.6. The van der Waals surface area contributed by atoms with Crippen LogP contribution in [-0.2, 0) is 6.42 Å². The molecule has 2 rings (SSSR count). The van der Waals surface area contributed by atoms with E-state index in [9.17, 15) is 0 Å². The van der Waals surface area contributed by atoms with E-state index in [0.29, 0.717) is 12.3 Å². The molecule has 2 heterocycles. The maximum absolute atomic E-state index is 5.96. The molecular formula is C12H22N4O. The Balaban J connectivity index is 1.90. The summed E-state index contributed by atoms with van der Waals surface area (Å²) < 4.78 is 5.25. The average molecular weight is 238 g/mol. The lowest BCUT2D eigenvalue weighted by atomic mass is 10.1. The summed E-state index contributed by atoms with van der Waals surface area (Å²) >= 11 is 0. The van der Waals surface area contributed by atoms with Crippen LogP contribution in [0.3, 0.4) is 0 Å². The van der Waals surface area contributed by atoms with Crippen LogP contribution in [0, 0.1) is 0 Å². The van der Waals surface area contributed by atoms with E-state index in [1.807, 2.05) is 0 Å². The predicted octanol–water partition coefficient (Wildman–Crippen LogP) is 1.73. The first kappa shape index (κ1) is 12.4. The van der Waals surface area contributed by atoms with E-state index in [4.69, 9.17) is 10.3 Å². The van der Waals surface area contributed by atoms with E-state index in [2.05, 4.69) is 22.0 Å². The van der Waals surface area contributed by atoms with Gasteiger partial charge in [-0.15, -0.1) is 0 Å². The zero-order chi connectivity index (χ0) is 12.1. The van der Waals surface area contributed by atoms with Gasteiger partial charge in [-0.25, -0.2) is 0 Å². The van der Waals surface area contributed by atoms with Crippen LogP contribution in [0.15, 0.2) is 4.52 Å². The van der Waals surface area contributed by atoms with Crippen LogP contribution in [0.25, 0.3) is 0 Å². The molecule has 1 unspecified atom stereocenters. The van der Waals surface area contributed by atoms with Crippen molar-refractivity contribution in [1.29, 1.82) is 0 Å². The minimum Gasteiger partial charge on any atom is -0.338 e. The minimum absolute atomic E-state index is 0.134. The molecule has 5 nitrogen and oxygen atoms in total. The third-order valence-electron chi connectivity index (χ3n) is 3.19. The Hall–Kier alpha value is -1.10. The van der Waals surface area contributed by atoms with Crippen molar-refractivity contribution in [2.24, 2.45) is 5.73 Å². The van der Waals surface area contributed by atoms with Crippen molar-refractivity contribution in [3.05, 3.63) is 5.89 Å². The molecule has 17 heavy (non-hydrogen) atoms. The van der Waals surface area contributed by atoms with Crippen LogP contribution in [0.5, 0.6) is 0 Å². The van der Waals surface area contributed by atoms with Gasteiger partial charge < -0.3 is 15.2 Å². The number of hydrogen-bond donors (Lipinski definition) is 1. The van der Waals surface area contributed by atoms with Gasteiger partial charge >= 0.3 is 0 Å². The molecule has 1 saturated heterocycles. The molecule has 1 aliphatic heterocycles. The molecule has 1 aromatic rings. The molecule has 1 aromatic heterocycles. The van der Waals surface area contributed by atoms with Crippen molar-refractivity contribution in [3.8, 4) is 0 Å². The van der Waals surface area contributed by atoms with Gasteiger partial charge in [0.1, 0.15) is 0 Å². The van der Waals surface area contributed by atoms with Crippen molar-refractivity contribution in [3.63, 3.8) is 0 Å². The molecule has 0 amide bonds. The highest BCUT2D eigenvalue weighted by Crippen LogP contribution is 2.16. The fourth-order valence-corrected chi connectivity index (χ4v) is 2.25. The monoisotopic (exact) mass is 238 g/mol. The Morgan fingerprint density at radius 2 is 2.12 bits per heavy atom. The van der Waals surface area contributed by atoms with E-state index in [1.54, 1.807) is 0 Å². The second kappa shape index (κ2) is 6.00. The molecule has 1 aliphatic rings. The summed E-state index contributed by atoms with van der Waals surface area (Å²) in [5.74, 6) is 1.41. The lowest BCUT2D eigenvalue weighted by Gasteiger charge is -2.24. The summed E-state index contributed by atoms with van der Waals surface area (Å²) in [6.07, 6.45) is 6.53. The van der Waals surface area contributed by atoms with E-state index in [0.717, 1.165) is 31.9 Å². The van der Waals surface area contributed by atoms with Crippen molar-refractivity contribution < 1.29 is 4.52 Å². The summed E-state index contributed by atoms with van der Waals surface area (Å²) in [6, 6.07) is 0.134. The molecule has 0 spiro atoms. The Bertz CT molecular complexity index is 333. The minimum atomic E-state index is 0.134. The fourth-order valence-electron chi connectivity index (χ4n) is 2.25. The second-order valence-corrected chi connectivity index (χ2v) is 4.79. The lowest BCUT2D eigenvalue weighted by molar-refractivity contribution is 0.364. The van der Waals surface area contributed by atoms with Crippen LogP contribution in [0.2, 0.25) is 0 Å². The Labute approximate surface area is 102 Å². The summed E-state index contributed by atoms with van der Waals surface area (Å²) in [4.78, 5) is 6.62. The molecule has 0 aliphatic carbocycles. The fraction of sp³-hybridized carbons (Fsp3) is 0.833. The van der Waals surface area contributed by atoms with Crippen molar-refractivity contribution in [2.75, 3.05) is 18.0 Å². The highest BCUT2D eigenvalue weighted by molar-refractivity contribution is 5.28. The van der Waals surface area contributed by atoms with Crippen LogP contribution in [0.1, 0.15) is 44.9 Å². The number of piperidine rings is 1. The first-order valence-electron chi connectivity index (χ1n) is 6.62. The van der Waals surface area contributed by atoms with E-state index >= 15 is 0 Å². The lowest BCUT2D eigenvalue weighted by Crippen LogP contribution is -2.30. The van der Waals surface area contributed by atoms with Gasteiger partial charge in [0.05, 0.1) is 0 Å². The van der Waals surface area contributed by atoms with Gasteiger partial charge in [0.15, 0.2) is 0 Å². The van der Waals surface area contributed by atoms with Gasteiger partial charge in [-0.05, 0) is 30.8 Å². The van der Waals surface area contributed by atoms with Gasteiger partial charge in [0.25, 0.3) is 5.95 Å². The smallest absolute Gasteiger partial charge is 0.266 e. The summed E-state index contributed by atoms with van der Waals surface area (Å²) in [5.41, 5.74) is 5.96. The highest BCUT2D eigenvalue weighted by atomic mass is 16.5. The van der Waals surface area contributed by atoms with Gasteiger partial charge in [-0.2, -0.15) is 4.98 Å². The second-order valence-electron chi connectivity index (χ2n) is 4.79. The molecule has 1 fully saturated rings. The first-order chi connectivity index (χ1) is 8.29. The molecule has 2 N–H and O–H groups in total. The van der Waals surface area contributed by atoms with Crippen LogP contribution in [0.4, 0.5) is 5.95 Å². The number of rotatable bonds is 5. The quantitative estimate of drug-likeness (QED) is 0.846. The van der Waals surface area contributed by atoms with Gasteiger partial charge in [0, 0.05) is 25.6 Å². The summed E-state index contributed by atoms with van der Waals surface area (Å²) in [5, 5.41) is 4.04. The number of hydrogen-bond acceptors (Lipinski definition) is 5. The number of aromatic nitrogens is 2. The van der Waals surface area contributed by atoms with Gasteiger partial charge in [-0.1, -0.05) is 13.3 Å².